The predicted octanol–water partition coefficient (Wildman–Crippen LogP) is 4.49. The van der Waals surface area contributed by atoms with Gasteiger partial charge in [-0.15, -0.1) is 0 Å². The molecule has 2 heterocycles. The molecule has 0 unspecified atom stereocenters. The van der Waals surface area contributed by atoms with Gasteiger partial charge in [0.05, 0.1) is 36.5 Å². The minimum Gasteiger partial charge on any atom is -0.323 e. The van der Waals surface area contributed by atoms with E-state index in [9.17, 15) is 9.59 Å². The molecular weight excluding hydrogens is 440 g/mol. The Balaban J connectivity index is 1.24. The maximum atomic E-state index is 12.8. The number of nitrogens with one attached hydrogen (secondary N) is 2. The number of rotatable bonds is 7. The molecule has 0 aliphatic carbocycles. The molecule has 3 aromatic carbocycles. The number of carbonyl (C=O) groups excluding carboxylic acids is 2. The van der Waals surface area contributed by atoms with Crippen LogP contribution in [0, 0.1) is 0 Å². The van der Waals surface area contributed by atoms with Crippen LogP contribution in [0.15, 0.2) is 110 Å². The van der Waals surface area contributed by atoms with E-state index >= 15 is 0 Å². The van der Waals surface area contributed by atoms with Crippen LogP contribution in [-0.2, 0) is 11.2 Å². The first-order chi connectivity index (χ1) is 17.1. The fourth-order valence-corrected chi connectivity index (χ4v) is 3.64. The first kappa shape index (κ1) is 21.8. The third-order valence-electron chi connectivity index (χ3n) is 5.37. The summed E-state index contributed by atoms with van der Waals surface area (Å²) in [4.78, 5) is 29.2. The molecule has 35 heavy (non-hydrogen) atoms. The van der Waals surface area contributed by atoms with E-state index in [1.54, 1.807) is 47.8 Å². The highest BCUT2D eigenvalue weighted by atomic mass is 16.2. The number of nitrogens with zero attached hydrogens (tertiary/aromatic N) is 4. The van der Waals surface area contributed by atoms with Gasteiger partial charge in [0, 0.05) is 29.3 Å². The van der Waals surface area contributed by atoms with E-state index in [4.69, 9.17) is 0 Å². The highest BCUT2D eigenvalue weighted by Gasteiger charge is 2.10. The summed E-state index contributed by atoms with van der Waals surface area (Å²) in [7, 11) is 0. The monoisotopic (exact) mass is 462 g/mol. The van der Waals surface area contributed by atoms with Crippen LogP contribution in [0.25, 0.3) is 11.4 Å². The fraction of sp³-hybridized carbons (Fsp3) is 0.0370. The van der Waals surface area contributed by atoms with Crippen molar-refractivity contribution < 1.29 is 9.59 Å². The first-order valence-electron chi connectivity index (χ1n) is 11.0. The normalized spacial score (nSPS) is 10.6. The molecule has 0 saturated heterocycles. The predicted molar refractivity (Wildman–Crippen MR) is 134 cm³/mol. The van der Waals surface area contributed by atoms with Crippen molar-refractivity contribution in [1.82, 2.24) is 19.3 Å². The second-order valence-electron chi connectivity index (χ2n) is 7.91. The van der Waals surface area contributed by atoms with Crippen molar-refractivity contribution in [1.29, 1.82) is 0 Å². The summed E-state index contributed by atoms with van der Waals surface area (Å²) in [6, 6.07) is 24.2. The largest absolute Gasteiger partial charge is 0.323 e. The van der Waals surface area contributed by atoms with Crippen molar-refractivity contribution in [2.45, 2.75) is 6.42 Å². The van der Waals surface area contributed by atoms with Crippen molar-refractivity contribution in [3.05, 3.63) is 121 Å². The summed E-state index contributed by atoms with van der Waals surface area (Å²) in [6.45, 7) is 0. The summed E-state index contributed by atoms with van der Waals surface area (Å²) in [6.07, 6.45) is 8.87. The standard InChI is InChI=1S/C27H22N6O2/c34-26(15-20-5-2-1-3-6-20)30-23-17-29-33(18-23)25-8-4-7-21(16-25)27(35)31-22-9-11-24(12-10-22)32-14-13-28-19-32/h1-14,16-19H,15H2,(H,30,34)(H,31,35). The molecule has 0 radical (unpaired) electrons. The number of amides is 2. The number of imidazole rings is 1. The Kier molecular flexibility index (Phi) is 6.17. The van der Waals surface area contributed by atoms with Gasteiger partial charge >= 0.3 is 0 Å². The molecule has 5 rings (SSSR count). The summed E-state index contributed by atoms with van der Waals surface area (Å²) in [5, 5.41) is 10.1. The van der Waals surface area contributed by atoms with Crippen LogP contribution in [0.1, 0.15) is 15.9 Å². The zero-order valence-electron chi connectivity index (χ0n) is 18.7. The van der Waals surface area contributed by atoms with Gasteiger partial charge in [-0.05, 0) is 48.0 Å². The van der Waals surface area contributed by atoms with Gasteiger partial charge in [0.25, 0.3) is 5.91 Å². The first-order valence-corrected chi connectivity index (χ1v) is 11.0. The summed E-state index contributed by atoms with van der Waals surface area (Å²) in [5.74, 6) is -0.353. The third-order valence-corrected chi connectivity index (χ3v) is 5.37. The van der Waals surface area contributed by atoms with Crippen molar-refractivity contribution in [2.75, 3.05) is 10.6 Å². The smallest absolute Gasteiger partial charge is 0.255 e. The van der Waals surface area contributed by atoms with Gasteiger partial charge in [0.15, 0.2) is 0 Å². The Hall–Kier alpha value is -4.98. The Morgan fingerprint density at radius 3 is 2.43 bits per heavy atom. The van der Waals surface area contributed by atoms with E-state index in [0.29, 0.717) is 22.6 Å². The molecule has 0 saturated carbocycles. The lowest BCUT2D eigenvalue weighted by Crippen LogP contribution is -2.14. The van der Waals surface area contributed by atoms with E-state index in [1.807, 2.05) is 71.4 Å². The molecule has 5 aromatic rings. The van der Waals surface area contributed by atoms with Crippen LogP contribution >= 0.6 is 0 Å². The number of anilines is 2. The van der Waals surface area contributed by atoms with Gasteiger partial charge < -0.3 is 15.2 Å². The molecule has 8 heteroatoms. The lowest BCUT2D eigenvalue weighted by atomic mass is 10.1. The molecule has 0 bridgehead atoms. The Labute approximate surface area is 201 Å². The van der Waals surface area contributed by atoms with Gasteiger partial charge in [0.2, 0.25) is 5.91 Å². The van der Waals surface area contributed by atoms with Crippen LogP contribution in [-0.4, -0.2) is 31.1 Å². The van der Waals surface area contributed by atoms with Gasteiger partial charge in [-0.2, -0.15) is 5.10 Å². The van der Waals surface area contributed by atoms with Crippen molar-refractivity contribution >= 4 is 23.2 Å². The van der Waals surface area contributed by atoms with Gasteiger partial charge in [0.1, 0.15) is 0 Å². The van der Waals surface area contributed by atoms with Gasteiger partial charge in [-0.3, -0.25) is 9.59 Å². The van der Waals surface area contributed by atoms with E-state index in [1.165, 1.54) is 0 Å². The maximum absolute atomic E-state index is 12.8. The molecule has 0 spiro atoms. The van der Waals surface area contributed by atoms with E-state index in [0.717, 1.165) is 11.3 Å². The maximum Gasteiger partial charge on any atom is 0.255 e. The third kappa shape index (κ3) is 5.33. The average Bonchev–Trinajstić information content (AvgIpc) is 3.58. The highest BCUT2D eigenvalue weighted by molar-refractivity contribution is 6.04. The Morgan fingerprint density at radius 1 is 0.829 bits per heavy atom. The topological polar surface area (TPSA) is 93.8 Å². The van der Waals surface area contributed by atoms with Crippen molar-refractivity contribution in [3.63, 3.8) is 0 Å². The van der Waals surface area contributed by atoms with E-state index in [2.05, 4.69) is 20.7 Å². The summed E-state index contributed by atoms with van der Waals surface area (Å²) < 4.78 is 3.51. The minimum absolute atomic E-state index is 0.122. The number of aromatic nitrogens is 4. The quantitative estimate of drug-likeness (QED) is 0.373. The second-order valence-corrected chi connectivity index (χ2v) is 7.91. The molecular formula is C27H22N6O2. The molecule has 2 aromatic heterocycles. The van der Waals surface area contributed by atoms with Gasteiger partial charge in [-0.25, -0.2) is 9.67 Å². The average molecular weight is 463 g/mol. The summed E-state index contributed by atoms with van der Waals surface area (Å²) in [5.41, 5.74) is 4.36. The highest BCUT2D eigenvalue weighted by Crippen LogP contribution is 2.17. The SMILES string of the molecule is O=C(Cc1ccccc1)Nc1cnn(-c2cccc(C(=O)Nc3ccc(-n4ccnc4)cc3)c2)c1. The number of carbonyl (C=O) groups is 2. The summed E-state index contributed by atoms with van der Waals surface area (Å²) >= 11 is 0. The zero-order chi connectivity index (χ0) is 24.0. The molecule has 2 N–H and O–H groups in total. The van der Waals surface area contributed by atoms with Crippen LogP contribution < -0.4 is 10.6 Å². The molecule has 0 atom stereocenters. The molecule has 8 nitrogen and oxygen atoms in total. The van der Waals surface area contributed by atoms with Crippen LogP contribution in [0.3, 0.4) is 0 Å². The van der Waals surface area contributed by atoms with Crippen molar-refractivity contribution in [2.24, 2.45) is 0 Å². The van der Waals surface area contributed by atoms with E-state index in [-0.39, 0.29) is 18.2 Å². The zero-order valence-corrected chi connectivity index (χ0v) is 18.7. The van der Waals surface area contributed by atoms with Gasteiger partial charge in [-0.1, -0.05) is 36.4 Å². The van der Waals surface area contributed by atoms with Crippen LogP contribution in [0.2, 0.25) is 0 Å². The number of hydrogen-bond acceptors (Lipinski definition) is 4. The second kappa shape index (κ2) is 9.88. The molecule has 0 aliphatic rings. The minimum atomic E-state index is -0.231. The van der Waals surface area contributed by atoms with Crippen molar-refractivity contribution in [3.8, 4) is 11.4 Å². The van der Waals surface area contributed by atoms with E-state index < -0.39 is 0 Å². The molecule has 172 valence electrons. The number of benzene rings is 3. The lowest BCUT2D eigenvalue weighted by molar-refractivity contribution is -0.115. The number of hydrogen-bond donors (Lipinski definition) is 2. The Bertz CT molecular complexity index is 1440. The molecule has 0 fully saturated rings. The fourth-order valence-electron chi connectivity index (χ4n) is 3.64. The van der Waals surface area contributed by atoms with Crippen LogP contribution in [0.5, 0.6) is 0 Å². The van der Waals surface area contributed by atoms with Crippen LogP contribution in [0.4, 0.5) is 11.4 Å². The lowest BCUT2D eigenvalue weighted by Gasteiger charge is -2.08. The molecule has 0 aliphatic heterocycles. The molecule has 2 amide bonds. The Morgan fingerprint density at radius 2 is 1.66 bits per heavy atom.